The van der Waals surface area contributed by atoms with Crippen LogP contribution in [0.25, 0.3) is 11.3 Å². The topological polar surface area (TPSA) is 82.0 Å². The number of nitrogens with two attached hydrogens (primary N) is 1. The first-order chi connectivity index (χ1) is 7.59. The van der Waals surface area contributed by atoms with Gasteiger partial charge < -0.3 is 5.73 Å². The van der Waals surface area contributed by atoms with Crippen LogP contribution in [0.4, 0.5) is 10.1 Å². The summed E-state index contributed by atoms with van der Waals surface area (Å²) in [5.74, 6) is 0. The predicted octanol–water partition coefficient (Wildman–Crippen LogP) is 2.95. The summed E-state index contributed by atoms with van der Waals surface area (Å²) in [5, 5.41) is 11.3. The molecule has 0 radical (unpaired) electrons. The molecular formula is C9H6ClN3O2S. The highest BCUT2D eigenvalue weighted by Gasteiger charge is 2.22. The van der Waals surface area contributed by atoms with Crippen LogP contribution in [0, 0.1) is 10.1 Å². The minimum absolute atomic E-state index is 0.0920. The molecule has 0 aliphatic heterocycles. The van der Waals surface area contributed by atoms with E-state index in [2.05, 4.69) is 4.98 Å². The van der Waals surface area contributed by atoms with Crippen LogP contribution >= 0.6 is 22.9 Å². The Morgan fingerprint density at radius 1 is 1.44 bits per heavy atom. The van der Waals surface area contributed by atoms with Crippen molar-refractivity contribution in [3.63, 3.8) is 0 Å². The molecule has 2 aromatic rings. The molecule has 0 aliphatic carbocycles. The van der Waals surface area contributed by atoms with Crippen molar-refractivity contribution in [2.45, 2.75) is 0 Å². The molecule has 16 heavy (non-hydrogen) atoms. The van der Waals surface area contributed by atoms with Crippen molar-refractivity contribution in [1.29, 1.82) is 0 Å². The van der Waals surface area contributed by atoms with Crippen molar-refractivity contribution in [1.82, 2.24) is 4.98 Å². The quantitative estimate of drug-likeness (QED) is 0.661. The van der Waals surface area contributed by atoms with Crippen molar-refractivity contribution < 1.29 is 4.92 Å². The average Bonchev–Trinajstić information content (AvgIpc) is 2.61. The van der Waals surface area contributed by atoms with Crippen molar-refractivity contribution in [3.8, 4) is 11.3 Å². The Kier molecular flexibility index (Phi) is 2.76. The number of nitrogen functional groups attached to an aromatic ring is 1. The highest BCUT2D eigenvalue weighted by Crippen LogP contribution is 2.38. The molecule has 0 bridgehead atoms. The number of aromatic nitrogens is 1. The fourth-order valence-electron chi connectivity index (χ4n) is 1.28. The monoisotopic (exact) mass is 255 g/mol. The van der Waals surface area contributed by atoms with Gasteiger partial charge in [-0.25, -0.2) is 4.98 Å². The van der Waals surface area contributed by atoms with Crippen LogP contribution in [0.3, 0.4) is 0 Å². The molecule has 0 amide bonds. The Hall–Kier alpha value is -1.66. The van der Waals surface area contributed by atoms with E-state index < -0.39 is 4.92 Å². The van der Waals surface area contributed by atoms with Gasteiger partial charge in [0.05, 0.1) is 9.95 Å². The molecule has 0 unspecified atom stereocenters. The van der Waals surface area contributed by atoms with E-state index in [1.54, 1.807) is 24.3 Å². The molecule has 0 fully saturated rings. The van der Waals surface area contributed by atoms with E-state index in [-0.39, 0.29) is 15.8 Å². The van der Waals surface area contributed by atoms with Crippen molar-refractivity contribution in [2.24, 2.45) is 0 Å². The molecule has 0 spiro atoms. The number of halogens is 1. The fraction of sp³-hybridized carbons (Fsp3) is 0. The number of nitrogens with zero attached hydrogens (tertiary/aromatic N) is 2. The third-order valence-corrected chi connectivity index (χ3v) is 3.09. The van der Waals surface area contributed by atoms with Crippen LogP contribution in [0.1, 0.15) is 0 Å². The van der Waals surface area contributed by atoms with Gasteiger partial charge in [0.25, 0.3) is 0 Å². The highest BCUT2D eigenvalue weighted by atomic mass is 35.5. The highest BCUT2D eigenvalue weighted by molar-refractivity contribution is 7.19. The maximum absolute atomic E-state index is 10.8. The Morgan fingerprint density at radius 3 is 2.75 bits per heavy atom. The summed E-state index contributed by atoms with van der Waals surface area (Å²) in [6.07, 6.45) is 0. The summed E-state index contributed by atoms with van der Waals surface area (Å²) in [7, 11) is 0. The van der Waals surface area contributed by atoms with Gasteiger partial charge in [-0.15, -0.1) is 0 Å². The van der Waals surface area contributed by atoms with E-state index in [0.717, 1.165) is 11.3 Å². The lowest BCUT2D eigenvalue weighted by atomic mass is 10.1. The Balaban J connectivity index is 2.64. The molecule has 82 valence electrons. The number of hydrogen-bond acceptors (Lipinski definition) is 5. The second kappa shape index (κ2) is 4.07. The van der Waals surface area contributed by atoms with Crippen molar-refractivity contribution in [3.05, 3.63) is 39.4 Å². The first-order valence-corrected chi connectivity index (χ1v) is 5.44. The van der Waals surface area contributed by atoms with E-state index in [0.29, 0.717) is 10.6 Å². The second-order valence-corrected chi connectivity index (χ2v) is 4.36. The maximum Gasteiger partial charge on any atom is 0.353 e. The van der Waals surface area contributed by atoms with Crippen LogP contribution in [0.5, 0.6) is 0 Å². The zero-order chi connectivity index (χ0) is 11.7. The van der Waals surface area contributed by atoms with E-state index in [4.69, 9.17) is 17.3 Å². The molecule has 0 aliphatic rings. The SMILES string of the molecule is Nc1nc(-c2ccccc2Cl)c([N+](=O)[O-])s1. The first kappa shape index (κ1) is 10.8. The maximum atomic E-state index is 10.8. The zero-order valence-corrected chi connectivity index (χ0v) is 9.46. The van der Waals surface area contributed by atoms with Gasteiger partial charge in [-0.3, -0.25) is 10.1 Å². The van der Waals surface area contributed by atoms with E-state index in [1.165, 1.54) is 0 Å². The molecule has 0 atom stereocenters. The molecule has 2 N–H and O–H groups in total. The Labute approximate surface area is 99.6 Å². The molecule has 1 aromatic carbocycles. The minimum atomic E-state index is -0.507. The summed E-state index contributed by atoms with van der Waals surface area (Å²) in [6.45, 7) is 0. The standard InChI is InChI=1S/C9H6ClN3O2S/c10-6-4-2-1-3-5(6)7-8(13(14)15)16-9(11)12-7/h1-4H,(H2,11,12). The van der Waals surface area contributed by atoms with Crippen molar-refractivity contribution >= 4 is 33.1 Å². The summed E-state index contributed by atoms with van der Waals surface area (Å²) in [6, 6.07) is 6.80. The minimum Gasteiger partial charge on any atom is -0.375 e. The van der Waals surface area contributed by atoms with Crippen molar-refractivity contribution in [2.75, 3.05) is 5.73 Å². The number of rotatable bonds is 2. The fourth-order valence-corrected chi connectivity index (χ4v) is 2.17. The average molecular weight is 256 g/mol. The molecule has 7 heteroatoms. The van der Waals surface area contributed by atoms with Gasteiger partial charge in [-0.1, -0.05) is 29.8 Å². The number of benzene rings is 1. The predicted molar refractivity (Wildman–Crippen MR) is 63.6 cm³/mol. The Bertz CT molecular complexity index is 555. The number of anilines is 1. The first-order valence-electron chi connectivity index (χ1n) is 4.25. The number of thiazole rings is 1. The molecule has 2 rings (SSSR count). The molecule has 1 aromatic heterocycles. The van der Waals surface area contributed by atoms with Crippen LogP contribution in [0.2, 0.25) is 5.02 Å². The lowest BCUT2D eigenvalue weighted by Crippen LogP contribution is -1.89. The van der Waals surface area contributed by atoms with Gasteiger partial charge >= 0.3 is 5.00 Å². The summed E-state index contributed by atoms with van der Waals surface area (Å²) >= 11 is 6.78. The van der Waals surface area contributed by atoms with Gasteiger partial charge in [0.2, 0.25) is 0 Å². The summed E-state index contributed by atoms with van der Waals surface area (Å²) in [5.41, 5.74) is 6.20. The third-order valence-electron chi connectivity index (χ3n) is 1.92. The molecule has 0 saturated heterocycles. The smallest absolute Gasteiger partial charge is 0.353 e. The third kappa shape index (κ3) is 1.84. The lowest BCUT2D eigenvalue weighted by molar-refractivity contribution is -0.379. The van der Waals surface area contributed by atoms with Crippen LogP contribution in [-0.2, 0) is 0 Å². The van der Waals surface area contributed by atoms with Gasteiger partial charge in [-0.2, -0.15) is 0 Å². The van der Waals surface area contributed by atoms with E-state index >= 15 is 0 Å². The van der Waals surface area contributed by atoms with Gasteiger partial charge in [0.1, 0.15) is 0 Å². The molecule has 0 saturated carbocycles. The van der Waals surface area contributed by atoms with Gasteiger partial charge in [0.15, 0.2) is 10.8 Å². The molecular weight excluding hydrogens is 250 g/mol. The van der Waals surface area contributed by atoms with Gasteiger partial charge in [0, 0.05) is 5.56 Å². The van der Waals surface area contributed by atoms with Crippen LogP contribution in [0.15, 0.2) is 24.3 Å². The normalized spacial score (nSPS) is 10.3. The van der Waals surface area contributed by atoms with E-state index in [9.17, 15) is 10.1 Å². The Morgan fingerprint density at radius 2 is 2.12 bits per heavy atom. The van der Waals surface area contributed by atoms with Crippen LogP contribution < -0.4 is 5.73 Å². The van der Waals surface area contributed by atoms with E-state index in [1.807, 2.05) is 0 Å². The van der Waals surface area contributed by atoms with Gasteiger partial charge in [-0.05, 0) is 17.4 Å². The lowest BCUT2D eigenvalue weighted by Gasteiger charge is -1.98. The summed E-state index contributed by atoms with van der Waals surface area (Å²) in [4.78, 5) is 14.2. The molecule has 5 nitrogen and oxygen atoms in total. The zero-order valence-electron chi connectivity index (χ0n) is 7.88. The number of hydrogen-bond donors (Lipinski definition) is 1. The largest absolute Gasteiger partial charge is 0.375 e. The van der Waals surface area contributed by atoms with Crippen LogP contribution in [-0.4, -0.2) is 9.91 Å². The number of nitro groups is 1. The molecule has 1 heterocycles. The second-order valence-electron chi connectivity index (χ2n) is 2.94. The summed E-state index contributed by atoms with van der Waals surface area (Å²) < 4.78 is 0.